The van der Waals surface area contributed by atoms with Gasteiger partial charge in [0.25, 0.3) is 0 Å². The summed E-state index contributed by atoms with van der Waals surface area (Å²) < 4.78 is 0. The first-order valence-corrected chi connectivity index (χ1v) is 13.0. The van der Waals surface area contributed by atoms with Gasteiger partial charge in [-0.15, -0.1) is 0 Å². The molecular weight excluding hydrogens is 516 g/mol. The van der Waals surface area contributed by atoms with Gasteiger partial charge in [0.05, 0.1) is 0 Å². The molecule has 0 fully saturated rings. The molecule has 6 heteroatoms. The number of rotatable bonds is 3. The number of benzene rings is 5. The number of aromatic hydroxyl groups is 4. The minimum Gasteiger partial charge on any atom is -0.508 e. The van der Waals surface area contributed by atoms with Crippen LogP contribution in [0.3, 0.4) is 0 Å². The van der Waals surface area contributed by atoms with Crippen LogP contribution in [0.4, 0.5) is 0 Å². The van der Waals surface area contributed by atoms with Crippen LogP contribution in [0.5, 0.6) is 23.0 Å². The minimum absolute atomic E-state index is 0.0671. The molecule has 0 radical (unpaired) electrons. The first-order valence-electron chi connectivity index (χ1n) is 13.0. The second-order valence-electron chi connectivity index (χ2n) is 9.26. The highest BCUT2D eigenvalue weighted by Gasteiger charge is 2.06. The van der Waals surface area contributed by atoms with Crippen molar-refractivity contribution in [3.05, 3.63) is 144 Å². The summed E-state index contributed by atoms with van der Waals surface area (Å²) in [4.78, 5) is 10.3. The Hall–Kier alpha value is -5.23. The molecule has 5 N–H and O–H groups in total. The molecular formula is C35H36O6. The molecule has 0 heterocycles. The Morgan fingerprint density at radius 3 is 1.54 bits per heavy atom. The maximum Gasteiger partial charge on any atom is 0.339 e. The number of para-hydroxylation sites is 3. The number of carbonyl (C=O) groups is 1. The molecule has 6 nitrogen and oxygen atoms in total. The third-order valence-electron chi connectivity index (χ3n) is 5.69. The number of carboxylic acids is 1. The Morgan fingerprint density at radius 1 is 0.585 bits per heavy atom. The topological polar surface area (TPSA) is 118 Å². The fourth-order valence-corrected chi connectivity index (χ4v) is 3.56. The SMILES string of the molecule is Cc1ccc(C(C)C)c(O)c1.O=C(O)c1ccccc1O.Oc1ccccc1.Oc1ccccc1-c1ccccc1. The van der Waals surface area contributed by atoms with Gasteiger partial charge in [-0.3, -0.25) is 0 Å². The van der Waals surface area contributed by atoms with Crippen LogP contribution in [-0.4, -0.2) is 31.5 Å². The molecule has 5 aromatic rings. The zero-order chi connectivity index (χ0) is 30.2. The Morgan fingerprint density at radius 2 is 1.10 bits per heavy atom. The van der Waals surface area contributed by atoms with Crippen molar-refractivity contribution in [3.8, 4) is 34.1 Å². The quantitative estimate of drug-likeness (QED) is 0.153. The molecule has 0 spiro atoms. The van der Waals surface area contributed by atoms with Crippen LogP contribution in [0.1, 0.15) is 41.3 Å². The maximum absolute atomic E-state index is 10.3. The smallest absolute Gasteiger partial charge is 0.339 e. The van der Waals surface area contributed by atoms with Gasteiger partial charge in [-0.05, 0) is 65.9 Å². The average Bonchev–Trinajstić information content (AvgIpc) is 2.95. The van der Waals surface area contributed by atoms with E-state index in [0.717, 1.165) is 22.3 Å². The molecule has 0 aliphatic heterocycles. The van der Waals surface area contributed by atoms with Crippen LogP contribution in [0.2, 0.25) is 0 Å². The fourth-order valence-electron chi connectivity index (χ4n) is 3.56. The molecule has 0 bridgehead atoms. The monoisotopic (exact) mass is 552 g/mol. The van der Waals surface area contributed by atoms with Crippen molar-refractivity contribution < 1.29 is 30.3 Å². The Balaban J connectivity index is 0.000000195. The number of phenolic OH excluding ortho intramolecular Hbond substituents is 3. The highest BCUT2D eigenvalue weighted by Crippen LogP contribution is 2.28. The lowest BCUT2D eigenvalue weighted by Gasteiger charge is -2.07. The summed E-state index contributed by atoms with van der Waals surface area (Å²) in [5.41, 5.74) is 3.98. The summed E-state index contributed by atoms with van der Waals surface area (Å²) >= 11 is 0. The van der Waals surface area contributed by atoms with Crippen molar-refractivity contribution in [3.63, 3.8) is 0 Å². The predicted octanol–water partition coefficient (Wildman–Crippen LogP) is 8.37. The van der Waals surface area contributed by atoms with E-state index in [0.29, 0.717) is 23.2 Å². The van der Waals surface area contributed by atoms with E-state index in [4.69, 9.17) is 15.3 Å². The minimum atomic E-state index is -1.11. The van der Waals surface area contributed by atoms with E-state index in [2.05, 4.69) is 13.8 Å². The molecule has 0 aliphatic carbocycles. The van der Waals surface area contributed by atoms with Crippen LogP contribution in [0.25, 0.3) is 11.1 Å². The van der Waals surface area contributed by atoms with Crippen molar-refractivity contribution in [1.82, 2.24) is 0 Å². The summed E-state index contributed by atoms with van der Waals surface area (Å²) in [6.07, 6.45) is 0. The number of hydrogen-bond donors (Lipinski definition) is 5. The lowest BCUT2D eigenvalue weighted by Crippen LogP contribution is -1.95. The highest BCUT2D eigenvalue weighted by atomic mass is 16.4. The standard InChI is InChI=1S/C12H10O.C10H14O.C7H6O3.C6H6O/c13-12-9-5-4-8-11(12)10-6-2-1-3-7-10;1-7(2)9-5-4-8(3)6-10(9)11;8-6-4-2-1-3-5(6)7(9)10;7-6-4-2-1-3-5-6/h1-9,13H;4-7,11H,1-3H3;1-4,8H,(H,9,10);1-5,7H. The molecule has 0 amide bonds. The summed E-state index contributed by atoms with van der Waals surface area (Å²) in [6.45, 7) is 6.12. The summed E-state index contributed by atoms with van der Waals surface area (Å²) in [5.74, 6) is 0.153. The second-order valence-corrected chi connectivity index (χ2v) is 9.26. The van der Waals surface area contributed by atoms with E-state index in [1.807, 2.05) is 73.7 Å². The number of carboxylic acid groups (broad SMARTS) is 1. The van der Waals surface area contributed by atoms with Crippen molar-refractivity contribution >= 4 is 5.97 Å². The zero-order valence-corrected chi connectivity index (χ0v) is 23.3. The molecule has 212 valence electrons. The van der Waals surface area contributed by atoms with Gasteiger partial charge in [-0.2, -0.15) is 0 Å². The number of phenols is 4. The summed E-state index contributed by atoms with van der Waals surface area (Å²) in [6, 6.07) is 37.5. The first-order chi connectivity index (χ1) is 19.6. The van der Waals surface area contributed by atoms with Gasteiger partial charge in [0.15, 0.2) is 0 Å². The van der Waals surface area contributed by atoms with Crippen molar-refractivity contribution in [2.24, 2.45) is 0 Å². The van der Waals surface area contributed by atoms with E-state index in [9.17, 15) is 15.0 Å². The van der Waals surface area contributed by atoms with Crippen molar-refractivity contribution in [2.45, 2.75) is 26.7 Å². The number of aromatic carboxylic acids is 1. The molecule has 0 saturated heterocycles. The van der Waals surface area contributed by atoms with Gasteiger partial charge in [-0.1, -0.05) is 105 Å². The van der Waals surface area contributed by atoms with E-state index < -0.39 is 5.97 Å². The van der Waals surface area contributed by atoms with E-state index in [1.54, 1.807) is 48.5 Å². The van der Waals surface area contributed by atoms with Crippen molar-refractivity contribution in [2.75, 3.05) is 0 Å². The number of aryl methyl sites for hydroxylation is 1. The van der Waals surface area contributed by atoms with Crippen LogP contribution >= 0.6 is 0 Å². The first kappa shape index (κ1) is 32.0. The third kappa shape index (κ3) is 11.2. The van der Waals surface area contributed by atoms with Crippen LogP contribution < -0.4 is 0 Å². The number of hydrogen-bond acceptors (Lipinski definition) is 5. The largest absolute Gasteiger partial charge is 0.508 e. The predicted molar refractivity (Wildman–Crippen MR) is 164 cm³/mol. The van der Waals surface area contributed by atoms with Crippen LogP contribution in [0.15, 0.2) is 127 Å². The maximum atomic E-state index is 10.3. The molecule has 0 saturated carbocycles. The van der Waals surface area contributed by atoms with Gasteiger partial charge >= 0.3 is 5.97 Å². The van der Waals surface area contributed by atoms with Gasteiger partial charge in [0.1, 0.15) is 28.6 Å². The van der Waals surface area contributed by atoms with Crippen molar-refractivity contribution in [1.29, 1.82) is 0 Å². The molecule has 0 atom stereocenters. The van der Waals surface area contributed by atoms with E-state index in [-0.39, 0.29) is 11.3 Å². The fraction of sp³-hybridized carbons (Fsp3) is 0.114. The summed E-state index contributed by atoms with van der Waals surface area (Å²) in [5, 5.41) is 45.0. The lowest BCUT2D eigenvalue weighted by atomic mass is 10.0. The Labute approximate surface area is 241 Å². The Bertz CT molecular complexity index is 1480. The second kappa shape index (κ2) is 16.7. The average molecular weight is 553 g/mol. The van der Waals surface area contributed by atoms with Gasteiger partial charge in [0.2, 0.25) is 0 Å². The molecule has 0 aliphatic rings. The highest BCUT2D eigenvalue weighted by molar-refractivity contribution is 5.90. The van der Waals surface area contributed by atoms with E-state index in [1.165, 1.54) is 12.1 Å². The van der Waals surface area contributed by atoms with Gasteiger partial charge < -0.3 is 25.5 Å². The molecule has 0 unspecified atom stereocenters. The lowest BCUT2D eigenvalue weighted by molar-refractivity contribution is 0.0693. The molecule has 5 rings (SSSR count). The van der Waals surface area contributed by atoms with Crippen LogP contribution in [0, 0.1) is 6.92 Å². The van der Waals surface area contributed by atoms with E-state index >= 15 is 0 Å². The molecule has 0 aromatic heterocycles. The Kier molecular flexibility index (Phi) is 13.0. The third-order valence-corrected chi connectivity index (χ3v) is 5.69. The zero-order valence-electron chi connectivity index (χ0n) is 23.3. The van der Waals surface area contributed by atoms with Crippen LogP contribution in [-0.2, 0) is 0 Å². The van der Waals surface area contributed by atoms with Gasteiger partial charge in [0, 0.05) is 5.56 Å². The molecule has 41 heavy (non-hydrogen) atoms. The summed E-state index contributed by atoms with van der Waals surface area (Å²) in [7, 11) is 0. The normalized spacial score (nSPS) is 9.66. The van der Waals surface area contributed by atoms with Gasteiger partial charge in [-0.25, -0.2) is 4.79 Å². The molecule has 5 aromatic carbocycles.